The van der Waals surface area contributed by atoms with E-state index >= 15 is 0 Å². The Hall–Kier alpha value is -0.750. The van der Waals surface area contributed by atoms with E-state index in [9.17, 15) is 8.78 Å². The lowest BCUT2D eigenvalue weighted by Crippen LogP contribution is -1.97. The third-order valence-corrected chi connectivity index (χ3v) is 2.00. The molecule has 0 aliphatic carbocycles. The molecule has 1 rings (SSSR count). The summed E-state index contributed by atoms with van der Waals surface area (Å²) in [5.74, 6) is -0.591. The number of hydrogen-bond donors (Lipinski definition) is 2. The molecule has 1 aromatic heterocycles. The number of nitrogens with zero attached hydrogens (tertiary/aromatic N) is 1. The van der Waals surface area contributed by atoms with Crippen molar-refractivity contribution in [2.24, 2.45) is 0 Å². The first-order chi connectivity index (χ1) is 6.06. The van der Waals surface area contributed by atoms with E-state index in [0.29, 0.717) is 0 Å². The van der Waals surface area contributed by atoms with Gasteiger partial charge in [0.15, 0.2) is 5.75 Å². The quantitative estimate of drug-likeness (QED) is 0.848. The van der Waals surface area contributed by atoms with Gasteiger partial charge in [0, 0.05) is 0 Å². The van der Waals surface area contributed by atoms with Crippen LogP contribution < -0.4 is 0 Å². The molecule has 0 saturated carbocycles. The molecule has 3 nitrogen and oxygen atoms in total. The van der Waals surface area contributed by atoms with E-state index in [2.05, 4.69) is 20.9 Å². The highest BCUT2D eigenvalue weighted by molar-refractivity contribution is 9.10. The van der Waals surface area contributed by atoms with Crippen LogP contribution in [-0.4, -0.2) is 15.2 Å². The van der Waals surface area contributed by atoms with Crippen LogP contribution in [0.1, 0.15) is 17.8 Å². The molecule has 0 amide bonds. The summed E-state index contributed by atoms with van der Waals surface area (Å²) >= 11 is 2.87. The Morgan fingerprint density at radius 3 is 2.62 bits per heavy atom. The van der Waals surface area contributed by atoms with Gasteiger partial charge in [-0.25, -0.2) is 13.8 Å². The average molecular weight is 254 g/mol. The number of halogens is 3. The molecule has 0 spiro atoms. The molecule has 1 aromatic rings. The van der Waals surface area contributed by atoms with Crippen molar-refractivity contribution in [2.75, 3.05) is 0 Å². The van der Waals surface area contributed by atoms with Crippen LogP contribution in [0.4, 0.5) is 8.78 Å². The van der Waals surface area contributed by atoms with Crippen LogP contribution >= 0.6 is 15.9 Å². The van der Waals surface area contributed by atoms with Crippen LogP contribution in [-0.2, 0) is 6.61 Å². The van der Waals surface area contributed by atoms with Crippen molar-refractivity contribution in [3.8, 4) is 5.75 Å². The third kappa shape index (κ3) is 2.13. The maximum atomic E-state index is 12.2. The van der Waals surface area contributed by atoms with Gasteiger partial charge in [-0.15, -0.1) is 0 Å². The van der Waals surface area contributed by atoms with Crippen LogP contribution in [0, 0.1) is 0 Å². The Labute approximate surface area is 81.2 Å². The van der Waals surface area contributed by atoms with E-state index in [1.165, 1.54) is 6.07 Å². The molecular weight excluding hydrogens is 248 g/mol. The molecule has 0 saturated heterocycles. The highest BCUT2D eigenvalue weighted by Gasteiger charge is 2.18. The molecule has 0 fully saturated rings. The van der Waals surface area contributed by atoms with E-state index in [-0.39, 0.29) is 10.2 Å². The summed E-state index contributed by atoms with van der Waals surface area (Å²) in [5.41, 5.74) is -0.640. The fourth-order valence-electron chi connectivity index (χ4n) is 0.810. The molecular formula is C7H6BrF2NO2. The average Bonchev–Trinajstić information content (AvgIpc) is 2.09. The zero-order valence-corrected chi connectivity index (χ0v) is 7.92. The van der Waals surface area contributed by atoms with Crippen molar-refractivity contribution in [3.05, 3.63) is 21.9 Å². The minimum Gasteiger partial charge on any atom is -0.505 e. The molecule has 72 valence electrons. The molecule has 2 N–H and O–H groups in total. The van der Waals surface area contributed by atoms with Gasteiger partial charge in [-0.2, -0.15) is 0 Å². The van der Waals surface area contributed by atoms with Crippen molar-refractivity contribution < 1.29 is 19.0 Å². The first-order valence-corrected chi connectivity index (χ1v) is 4.13. The van der Waals surface area contributed by atoms with E-state index in [4.69, 9.17) is 10.2 Å². The van der Waals surface area contributed by atoms with E-state index in [1.54, 1.807) is 0 Å². The number of aliphatic hydroxyl groups excluding tert-OH is 1. The summed E-state index contributed by atoms with van der Waals surface area (Å²) in [6, 6.07) is 1.28. The van der Waals surface area contributed by atoms with Gasteiger partial charge in [0.25, 0.3) is 6.43 Å². The lowest BCUT2D eigenvalue weighted by Gasteiger charge is -2.06. The molecule has 0 aromatic carbocycles. The highest BCUT2D eigenvalue weighted by Crippen LogP contribution is 2.33. The summed E-state index contributed by atoms with van der Waals surface area (Å²) in [6.07, 6.45) is -2.86. The first-order valence-electron chi connectivity index (χ1n) is 3.33. The number of aromatic hydroxyl groups is 1. The fourth-order valence-corrected chi connectivity index (χ4v) is 1.28. The molecule has 0 aliphatic heterocycles. The highest BCUT2D eigenvalue weighted by atomic mass is 79.9. The second kappa shape index (κ2) is 3.97. The monoisotopic (exact) mass is 253 g/mol. The predicted octanol–water partition coefficient (Wildman–Crippen LogP) is 1.98. The molecule has 0 atom stereocenters. The number of hydrogen-bond acceptors (Lipinski definition) is 3. The second-order valence-corrected chi connectivity index (χ2v) is 3.14. The number of aromatic nitrogens is 1. The van der Waals surface area contributed by atoms with Crippen molar-refractivity contribution >= 4 is 15.9 Å². The molecule has 0 bridgehead atoms. The van der Waals surface area contributed by atoms with Gasteiger partial charge in [-0.3, -0.25) is 0 Å². The van der Waals surface area contributed by atoms with Crippen molar-refractivity contribution in [1.82, 2.24) is 4.98 Å². The van der Waals surface area contributed by atoms with Crippen molar-refractivity contribution in [1.29, 1.82) is 0 Å². The van der Waals surface area contributed by atoms with E-state index < -0.39 is 24.5 Å². The van der Waals surface area contributed by atoms with Gasteiger partial charge in [-0.05, 0) is 22.0 Å². The minimum atomic E-state index is -2.86. The summed E-state index contributed by atoms with van der Waals surface area (Å²) in [5, 5.41) is 17.8. The zero-order valence-electron chi connectivity index (χ0n) is 6.34. The Kier molecular flexibility index (Phi) is 3.16. The Bertz CT molecular complexity index is 320. The molecule has 6 heteroatoms. The smallest absolute Gasteiger partial charge is 0.284 e. The zero-order chi connectivity index (χ0) is 10.0. The van der Waals surface area contributed by atoms with Gasteiger partial charge in [-0.1, -0.05) is 0 Å². The Morgan fingerprint density at radius 1 is 1.54 bits per heavy atom. The van der Waals surface area contributed by atoms with Gasteiger partial charge in [0.1, 0.15) is 5.69 Å². The van der Waals surface area contributed by atoms with Crippen LogP contribution in [0.25, 0.3) is 0 Å². The first kappa shape index (κ1) is 10.3. The third-order valence-electron chi connectivity index (χ3n) is 1.39. The maximum Gasteiger partial charge on any atom is 0.284 e. The molecule has 0 aliphatic rings. The normalized spacial score (nSPS) is 10.8. The topological polar surface area (TPSA) is 53.4 Å². The number of alkyl halides is 2. The Balaban J connectivity index is 3.25. The van der Waals surface area contributed by atoms with E-state index in [0.717, 1.165) is 0 Å². The second-order valence-electron chi connectivity index (χ2n) is 2.29. The molecule has 0 radical (unpaired) electrons. The van der Waals surface area contributed by atoms with Gasteiger partial charge in [0.05, 0.1) is 16.8 Å². The minimum absolute atomic E-state index is 0.0833. The Morgan fingerprint density at radius 2 is 2.15 bits per heavy atom. The summed E-state index contributed by atoms with van der Waals surface area (Å²) in [6.45, 7) is -0.446. The lowest BCUT2D eigenvalue weighted by atomic mass is 10.3. The van der Waals surface area contributed by atoms with Crippen LogP contribution in [0.3, 0.4) is 0 Å². The summed E-state index contributed by atoms with van der Waals surface area (Å²) in [7, 11) is 0. The number of rotatable bonds is 2. The van der Waals surface area contributed by atoms with E-state index in [1.807, 2.05) is 0 Å². The summed E-state index contributed by atoms with van der Waals surface area (Å²) in [4.78, 5) is 3.37. The van der Waals surface area contributed by atoms with Crippen molar-refractivity contribution in [2.45, 2.75) is 13.0 Å². The standard InChI is InChI=1S/C7H6BrF2NO2/c8-4-1-3(2-12)11-5(6(4)13)7(9)10/h1,7,12-13H,2H2. The van der Waals surface area contributed by atoms with Crippen LogP contribution in [0.15, 0.2) is 10.5 Å². The van der Waals surface area contributed by atoms with Crippen LogP contribution in [0.2, 0.25) is 0 Å². The molecule has 13 heavy (non-hydrogen) atoms. The van der Waals surface area contributed by atoms with Gasteiger partial charge in [0.2, 0.25) is 0 Å². The lowest BCUT2D eigenvalue weighted by molar-refractivity contribution is 0.140. The SMILES string of the molecule is OCc1cc(Br)c(O)c(C(F)F)n1. The maximum absolute atomic E-state index is 12.2. The van der Waals surface area contributed by atoms with Gasteiger partial charge < -0.3 is 10.2 Å². The fraction of sp³-hybridized carbons (Fsp3) is 0.286. The van der Waals surface area contributed by atoms with Crippen molar-refractivity contribution in [3.63, 3.8) is 0 Å². The molecule has 0 unspecified atom stereocenters. The van der Waals surface area contributed by atoms with Crippen LogP contribution in [0.5, 0.6) is 5.75 Å². The molecule has 1 heterocycles. The predicted molar refractivity (Wildman–Crippen MR) is 44.5 cm³/mol. The number of pyridine rings is 1. The number of aliphatic hydroxyl groups is 1. The largest absolute Gasteiger partial charge is 0.505 e. The summed E-state index contributed by atoms with van der Waals surface area (Å²) < 4.78 is 24.5. The van der Waals surface area contributed by atoms with Gasteiger partial charge >= 0.3 is 0 Å².